The number of rotatable bonds is 4. The first-order chi connectivity index (χ1) is 6.60. The summed E-state index contributed by atoms with van der Waals surface area (Å²) >= 11 is 0. The lowest BCUT2D eigenvalue weighted by Crippen LogP contribution is -2.49. The van der Waals surface area contributed by atoms with E-state index in [2.05, 4.69) is 6.58 Å². The molecule has 4 atom stereocenters. The van der Waals surface area contributed by atoms with E-state index >= 15 is 0 Å². The summed E-state index contributed by atoms with van der Waals surface area (Å²) in [5.74, 6) is 0. The van der Waals surface area contributed by atoms with Crippen LogP contribution in [0, 0.1) is 0 Å². The average molecular weight is 198 g/mol. The molecular weight excluding hydrogens is 183 g/mol. The quantitative estimate of drug-likeness (QED) is 0.458. The second kappa shape index (κ2) is 4.44. The Bertz CT molecular complexity index is 211. The van der Waals surface area contributed by atoms with Crippen LogP contribution in [0.5, 0.6) is 0 Å². The molecule has 4 nitrogen and oxygen atoms in total. The monoisotopic (exact) mass is 198 g/mol. The standard InChI is InChI=1S/C9H15BO4/c1-3-4-9(12)7(13-2)6(5-11)14-8(9)10/h3,6-8,11-12H,1,4-5H2,2H3. The Morgan fingerprint density at radius 3 is 2.79 bits per heavy atom. The summed E-state index contributed by atoms with van der Waals surface area (Å²) in [7, 11) is 7.07. The Labute approximate surface area is 84.9 Å². The van der Waals surface area contributed by atoms with Gasteiger partial charge in [-0.3, -0.25) is 0 Å². The molecule has 2 radical (unpaired) electrons. The van der Waals surface area contributed by atoms with Crippen molar-refractivity contribution in [3.8, 4) is 0 Å². The number of ether oxygens (including phenoxy) is 2. The summed E-state index contributed by atoms with van der Waals surface area (Å²) in [6, 6.07) is -0.859. The summed E-state index contributed by atoms with van der Waals surface area (Å²) in [5, 5.41) is 19.2. The van der Waals surface area contributed by atoms with E-state index in [-0.39, 0.29) is 13.0 Å². The van der Waals surface area contributed by atoms with Crippen molar-refractivity contribution < 1.29 is 19.7 Å². The number of hydrogen-bond donors (Lipinski definition) is 2. The molecule has 1 saturated heterocycles. The van der Waals surface area contributed by atoms with E-state index in [4.69, 9.17) is 22.4 Å². The minimum absolute atomic E-state index is 0.230. The van der Waals surface area contributed by atoms with Gasteiger partial charge in [0, 0.05) is 13.1 Å². The Hall–Kier alpha value is -0.355. The summed E-state index contributed by atoms with van der Waals surface area (Å²) in [4.78, 5) is 0. The van der Waals surface area contributed by atoms with Crippen LogP contribution in [-0.4, -0.2) is 55.6 Å². The normalized spacial score (nSPS) is 42.6. The van der Waals surface area contributed by atoms with Gasteiger partial charge in [-0.2, -0.15) is 0 Å². The minimum atomic E-state index is -1.30. The second-order valence-electron chi connectivity index (χ2n) is 3.42. The zero-order chi connectivity index (χ0) is 10.8. The van der Waals surface area contributed by atoms with Gasteiger partial charge >= 0.3 is 0 Å². The summed E-state index contributed by atoms with van der Waals surface area (Å²) in [5.41, 5.74) is -1.30. The SMILES string of the molecule is [B]C1OC(CO)C(OC)C1(O)CC=C. The highest BCUT2D eigenvalue weighted by atomic mass is 16.6. The number of hydrogen-bond acceptors (Lipinski definition) is 4. The van der Waals surface area contributed by atoms with Gasteiger partial charge in [-0.15, -0.1) is 6.58 Å². The zero-order valence-electron chi connectivity index (χ0n) is 8.22. The van der Waals surface area contributed by atoms with Crippen molar-refractivity contribution in [3.05, 3.63) is 12.7 Å². The first-order valence-electron chi connectivity index (χ1n) is 4.48. The van der Waals surface area contributed by atoms with Crippen molar-refractivity contribution in [1.29, 1.82) is 0 Å². The van der Waals surface area contributed by atoms with Gasteiger partial charge in [-0.25, -0.2) is 0 Å². The van der Waals surface area contributed by atoms with Crippen LogP contribution in [0.1, 0.15) is 6.42 Å². The third-order valence-corrected chi connectivity index (χ3v) is 2.55. The maximum atomic E-state index is 10.2. The Morgan fingerprint density at radius 1 is 1.71 bits per heavy atom. The summed E-state index contributed by atoms with van der Waals surface area (Å²) in [6.45, 7) is 3.30. The van der Waals surface area contributed by atoms with Gasteiger partial charge in [0.05, 0.1) is 6.61 Å². The van der Waals surface area contributed by atoms with E-state index in [1.54, 1.807) is 6.08 Å². The molecule has 5 heteroatoms. The molecule has 14 heavy (non-hydrogen) atoms. The Kier molecular flexibility index (Phi) is 3.72. The first kappa shape index (κ1) is 11.7. The van der Waals surface area contributed by atoms with Crippen molar-refractivity contribution in [2.75, 3.05) is 13.7 Å². The predicted molar refractivity (Wildman–Crippen MR) is 52.1 cm³/mol. The fourth-order valence-electron chi connectivity index (χ4n) is 1.82. The molecule has 0 bridgehead atoms. The van der Waals surface area contributed by atoms with E-state index < -0.39 is 23.8 Å². The van der Waals surface area contributed by atoms with Crippen LogP contribution in [0.4, 0.5) is 0 Å². The summed E-state index contributed by atoms with van der Waals surface area (Å²) < 4.78 is 10.3. The molecule has 4 unspecified atom stereocenters. The fraction of sp³-hybridized carbons (Fsp3) is 0.778. The van der Waals surface area contributed by atoms with Crippen molar-refractivity contribution in [3.63, 3.8) is 0 Å². The zero-order valence-corrected chi connectivity index (χ0v) is 8.22. The minimum Gasteiger partial charge on any atom is -0.394 e. The lowest BCUT2D eigenvalue weighted by atomic mass is 9.78. The molecule has 0 saturated carbocycles. The van der Waals surface area contributed by atoms with Gasteiger partial charge in [0.25, 0.3) is 0 Å². The number of aliphatic hydroxyl groups excluding tert-OH is 1. The lowest BCUT2D eigenvalue weighted by molar-refractivity contribution is -0.0783. The van der Waals surface area contributed by atoms with Crippen LogP contribution in [0.3, 0.4) is 0 Å². The predicted octanol–water partition coefficient (Wildman–Crippen LogP) is -0.806. The molecular formula is C9H15BO4. The molecule has 1 rings (SSSR count). The third kappa shape index (κ3) is 1.73. The van der Waals surface area contributed by atoms with Gasteiger partial charge in [0.1, 0.15) is 25.7 Å². The van der Waals surface area contributed by atoms with Crippen molar-refractivity contribution in [2.24, 2.45) is 0 Å². The van der Waals surface area contributed by atoms with E-state index in [0.717, 1.165) is 0 Å². The third-order valence-electron chi connectivity index (χ3n) is 2.55. The molecule has 2 N–H and O–H groups in total. The van der Waals surface area contributed by atoms with Crippen LogP contribution < -0.4 is 0 Å². The molecule has 1 aliphatic heterocycles. The number of aliphatic hydroxyl groups is 2. The molecule has 78 valence electrons. The molecule has 0 aliphatic carbocycles. The highest BCUT2D eigenvalue weighted by molar-refractivity contribution is 6.12. The van der Waals surface area contributed by atoms with Gasteiger partial charge in [0.2, 0.25) is 0 Å². The molecule has 0 aromatic carbocycles. The van der Waals surface area contributed by atoms with Crippen molar-refractivity contribution >= 4 is 7.85 Å². The highest BCUT2D eigenvalue weighted by Gasteiger charge is 2.52. The van der Waals surface area contributed by atoms with E-state index in [1.807, 2.05) is 0 Å². The van der Waals surface area contributed by atoms with Crippen LogP contribution >= 0.6 is 0 Å². The maximum Gasteiger partial charge on any atom is 0.116 e. The van der Waals surface area contributed by atoms with Crippen molar-refractivity contribution in [2.45, 2.75) is 30.2 Å². The van der Waals surface area contributed by atoms with Gasteiger partial charge in [0.15, 0.2) is 0 Å². The van der Waals surface area contributed by atoms with Crippen LogP contribution in [0.25, 0.3) is 0 Å². The first-order valence-corrected chi connectivity index (χ1v) is 4.48. The van der Waals surface area contributed by atoms with Crippen LogP contribution in [-0.2, 0) is 9.47 Å². The van der Waals surface area contributed by atoms with Crippen LogP contribution in [0.2, 0.25) is 0 Å². The Morgan fingerprint density at radius 2 is 2.36 bits per heavy atom. The molecule has 1 heterocycles. The van der Waals surface area contributed by atoms with Crippen molar-refractivity contribution in [1.82, 2.24) is 0 Å². The smallest absolute Gasteiger partial charge is 0.116 e. The second-order valence-corrected chi connectivity index (χ2v) is 3.42. The van der Waals surface area contributed by atoms with E-state index in [9.17, 15) is 5.11 Å². The Balaban J connectivity index is 2.85. The van der Waals surface area contributed by atoms with Gasteiger partial charge in [-0.05, 0) is 6.42 Å². The average Bonchev–Trinajstić information content (AvgIpc) is 2.39. The summed E-state index contributed by atoms with van der Waals surface area (Å²) in [6.07, 6.45) is 0.610. The molecule has 0 spiro atoms. The molecule has 0 aromatic heterocycles. The molecule has 1 fully saturated rings. The molecule has 0 amide bonds. The van der Waals surface area contributed by atoms with Crippen LogP contribution in [0.15, 0.2) is 12.7 Å². The highest BCUT2D eigenvalue weighted by Crippen LogP contribution is 2.34. The number of methoxy groups -OCH3 is 1. The topological polar surface area (TPSA) is 58.9 Å². The molecule has 0 aromatic rings. The van der Waals surface area contributed by atoms with Gasteiger partial charge in [-0.1, -0.05) is 6.08 Å². The largest absolute Gasteiger partial charge is 0.394 e. The molecule has 1 aliphatic rings. The lowest BCUT2D eigenvalue weighted by Gasteiger charge is -2.30. The van der Waals surface area contributed by atoms with E-state index in [1.165, 1.54) is 7.11 Å². The van der Waals surface area contributed by atoms with E-state index in [0.29, 0.717) is 0 Å². The maximum absolute atomic E-state index is 10.2. The fourth-order valence-corrected chi connectivity index (χ4v) is 1.82. The van der Waals surface area contributed by atoms with Gasteiger partial charge < -0.3 is 19.7 Å².